The lowest BCUT2D eigenvalue weighted by molar-refractivity contribution is 0.101. The quantitative estimate of drug-likeness (QED) is 0.774. The van der Waals surface area contributed by atoms with Crippen LogP contribution in [-0.2, 0) is 12.0 Å². The van der Waals surface area contributed by atoms with Crippen LogP contribution in [0.25, 0.3) is 0 Å². The molecule has 1 heterocycles. The molecule has 0 amide bonds. The van der Waals surface area contributed by atoms with Crippen LogP contribution in [0.4, 0.5) is 0 Å². The molecule has 5 heteroatoms. The number of thiazole rings is 1. The number of ketones is 1. The first kappa shape index (κ1) is 16.5. The summed E-state index contributed by atoms with van der Waals surface area (Å²) in [4.78, 5) is 16.3. The van der Waals surface area contributed by atoms with Crippen molar-refractivity contribution < 1.29 is 14.3 Å². The topological polar surface area (TPSA) is 48.4 Å². The average Bonchev–Trinajstić information content (AvgIpc) is 2.93. The van der Waals surface area contributed by atoms with E-state index in [1.165, 1.54) is 6.92 Å². The van der Waals surface area contributed by atoms with E-state index < -0.39 is 0 Å². The Kier molecular flexibility index (Phi) is 4.86. The molecule has 0 bridgehead atoms. The van der Waals surface area contributed by atoms with E-state index in [2.05, 4.69) is 25.8 Å². The molecule has 0 fully saturated rings. The van der Waals surface area contributed by atoms with E-state index in [1.54, 1.807) is 36.6 Å². The zero-order chi connectivity index (χ0) is 16.3. The minimum absolute atomic E-state index is 0.0312. The van der Waals surface area contributed by atoms with E-state index in [1.807, 2.05) is 5.38 Å². The predicted molar refractivity (Wildman–Crippen MR) is 88.1 cm³/mol. The Morgan fingerprint density at radius 1 is 1.32 bits per heavy atom. The first-order valence-electron chi connectivity index (χ1n) is 7.08. The molecule has 4 nitrogen and oxygen atoms in total. The normalized spacial score (nSPS) is 11.3. The van der Waals surface area contributed by atoms with Crippen LogP contribution in [0.5, 0.6) is 11.5 Å². The van der Waals surface area contributed by atoms with Gasteiger partial charge in [-0.05, 0) is 19.1 Å². The van der Waals surface area contributed by atoms with Crippen LogP contribution in [-0.4, -0.2) is 17.9 Å². The summed E-state index contributed by atoms with van der Waals surface area (Å²) in [6.45, 7) is 8.25. The van der Waals surface area contributed by atoms with Gasteiger partial charge in [-0.3, -0.25) is 4.79 Å². The van der Waals surface area contributed by atoms with Crippen LogP contribution in [0, 0.1) is 0 Å². The molecule has 118 valence electrons. The van der Waals surface area contributed by atoms with Crippen molar-refractivity contribution in [3.63, 3.8) is 0 Å². The van der Waals surface area contributed by atoms with E-state index >= 15 is 0 Å². The molecule has 2 aromatic rings. The van der Waals surface area contributed by atoms with Crippen molar-refractivity contribution in [2.24, 2.45) is 0 Å². The second-order valence-electron chi connectivity index (χ2n) is 6.10. The van der Waals surface area contributed by atoms with Crippen molar-refractivity contribution >= 4 is 17.1 Å². The summed E-state index contributed by atoms with van der Waals surface area (Å²) in [7, 11) is 1.59. The molecule has 0 unspecified atom stereocenters. The number of hydrogen-bond acceptors (Lipinski definition) is 5. The van der Waals surface area contributed by atoms with Gasteiger partial charge in [0, 0.05) is 16.9 Å². The monoisotopic (exact) mass is 319 g/mol. The number of carbonyl (C=O) groups is 1. The smallest absolute Gasteiger partial charge is 0.163 e. The number of aromatic nitrogens is 1. The SMILES string of the molecule is COc1ccc(C(C)=O)c(OCc2csc(C(C)(C)C)n2)c1. The van der Waals surface area contributed by atoms with Crippen LogP contribution in [0.15, 0.2) is 23.6 Å². The Bertz CT molecular complexity index is 671. The fourth-order valence-corrected chi connectivity index (χ4v) is 2.80. The van der Waals surface area contributed by atoms with Gasteiger partial charge < -0.3 is 9.47 Å². The van der Waals surface area contributed by atoms with Gasteiger partial charge in [0.2, 0.25) is 0 Å². The van der Waals surface area contributed by atoms with Gasteiger partial charge in [-0.2, -0.15) is 0 Å². The fourth-order valence-electron chi connectivity index (χ4n) is 1.91. The Hall–Kier alpha value is -1.88. The third-order valence-electron chi connectivity index (χ3n) is 3.14. The Morgan fingerprint density at radius 3 is 2.59 bits per heavy atom. The minimum atomic E-state index is -0.0358. The van der Waals surface area contributed by atoms with Gasteiger partial charge in [-0.25, -0.2) is 4.98 Å². The average molecular weight is 319 g/mol. The van der Waals surface area contributed by atoms with Crippen LogP contribution in [0.2, 0.25) is 0 Å². The number of ether oxygens (including phenoxy) is 2. The molecule has 1 aromatic heterocycles. The number of carbonyl (C=O) groups excluding carboxylic acids is 1. The number of hydrogen-bond donors (Lipinski definition) is 0. The summed E-state index contributed by atoms with van der Waals surface area (Å²) in [5, 5.41) is 3.07. The predicted octanol–water partition coefficient (Wildman–Crippen LogP) is 4.23. The lowest BCUT2D eigenvalue weighted by atomic mass is 9.98. The highest BCUT2D eigenvalue weighted by atomic mass is 32.1. The van der Waals surface area contributed by atoms with Gasteiger partial charge in [-0.1, -0.05) is 20.8 Å². The van der Waals surface area contributed by atoms with E-state index in [4.69, 9.17) is 9.47 Å². The van der Waals surface area contributed by atoms with Gasteiger partial charge >= 0.3 is 0 Å². The van der Waals surface area contributed by atoms with Crippen molar-refractivity contribution in [2.45, 2.75) is 39.7 Å². The van der Waals surface area contributed by atoms with Crippen molar-refractivity contribution in [1.29, 1.82) is 0 Å². The number of benzene rings is 1. The summed E-state index contributed by atoms with van der Waals surface area (Å²) in [5.41, 5.74) is 1.45. The molecule has 1 aromatic carbocycles. The molecule has 0 saturated carbocycles. The van der Waals surface area contributed by atoms with Gasteiger partial charge in [0.05, 0.1) is 23.4 Å². The number of methoxy groups -OCH3 is 1. The molecular formula is C17H21NO3S. The van der Waals surface area contributed by atoms with Crippen LogP contribution in [0.1, 0.15) is 48.8 Å². The molecule has 22 heavy (non-hydrogen) atoms. The fraction of sp³-hybridized carbons (Fsp3) is 0.412. The highest BCUT2D eigenvalue weighted by molar-refractivity contribution is 7.09. The summed E-state index contributed by atoms with van der Waals surface area (Å²) in [6, 6.07) is 5.20. The largest absolute Gasteiger partial charge is 0.497 e. The molecule has 0 atom stereocenters. The molecule has 0 saturated heterocycles. The summed E-state index contributed by atoms with van der Waals surface area (Å²) in [6.07, 6.45) is 0. The first-order valence-corrected chi connectivity index (χ1v) is 7.96. The van der Waals surface area contributed by atoms with E-state index in [0.717, 1.165) is 10.7 Å². The molecule has 0 spiro atoms. The summed E-state index contributed by atoms with van der Waals surface area (Å²) >= 11 is 1.63. The zero-order valence-electron chi connectivity index (χ0n) is 13.6. The zero-order valence-corrected chi connectivity index (χ0v) is 14.4. The summed E-state index contributed by atoms with van der Waals surface area (Å²) < 4.78 is 11.0. The number of rotatable bonds is 5. The second kappa shape index (κ2) is 6.48. The van der Waals surface area contributed by atoms with Crippen molar-refractivity contribution in [1.82, 2.24) is 4.98 Å². The Labute approximate surface area is 135 Å². The molecule has 0 aliphatic rings. The molecular weight excluding hydrogens is 298 g/mol. The second-order valence-corrected chi connectivity index (χ2v) is 6.96. The highest BCUT2D eigenvalue weighted by Gasteiger charge is 2.18. The van der Waals surface area contributed by atoms with Crippen LogP contribution >= 0.6 is 11.3 Å². The molecule has 0 radical (unpaired) electrons. The molecule has 2 rings (SSSR count). The Morgan fingerprint density at radius 2 is 2.05 bits per heavy atom. The van der Waals surface area contributed by atoms with Crippen LogP contribution in [0.3, 0.4) is 0 Å². The maximum atomic E-state index is 11.7. The van der Waals surface area contributed by atoms with Gasteiger partial charge in [-0.15, -0.1) is 11.3 Å². The molecule has 0 aliphatic heterocycles. The lowest BCUT2D eigenvalue weighted by Gasteiger charge is -2.13. The minimum Gasteiger partial charge on any atom is -0.497 e. The third kappa shape index (κ3) is 3.85. The molecule has 0 aliphatic carbocycles. The Balaban J connectivity index is 2.17. The van der Waals surface area contributed by atoms with Crippen molar-refractivity contribution in [2.75, 3.05) is 7.11 Å². The number of nitrogens with zero attached hydrogens (tertiary/aromatic N) is 1. The van der Waals surface area contributed by atoms with Crippen molar-refractivity contribution in [3.05, 3.63) is 39.8 Å². The third-order valence-corrected chi connectivity index (χ3v) is 4.45. The lowest BCUT2D eigenvalue weighted by Crippen LogP contribution is -2.11. The maximum Gasteiger partial charge on any atom is 0.163 e. The number of Topliss-reactive ketones (excluding diaryl/α,β-unsaturated/α-hetero) is 1. The maximum absolute atomic E-state index is 11.7. The van der Waals surface area contributed by atoms with Crippen molar-refractivity contribution in [3.8, 4) is 11.5 Å². The van der Waals surface area contributed by atoms with E-state index in [-0.39, 0.29) is 11.2 Å². The van der Waals surface area contributed by atoms with Gasteiger partial charge in [0.15, 0.2) is 5.78 Å². The van der Waals surface area contributed by atoms with Gasteiger partial charge in [0.1, 0.15) is 18.1 Å². The highest BCUT2D eigenvalue weighted by Crippen LogP contribution is 2.28. The summed E-state index contributed by atoms with van der Waals surface area (Å²) in [5.74, 6) is 1.15. The van der Waals surface area contributed by atoms with Crippen LogP contribution < -0.4 is 9.47 Å². The first-order chi connectivity index (χ1) is 10.3. The molecule has 0 N–H and O–H groups in total. The standard InChI is InChI=1S/C17H21NO3S/c1-11(19)14-7-6-13(20-5)8-15(14)21-9-12-10-22-16(18-12)17(2,3)4/h6-8,10H,9H2,1-5H3. The van der Waals surface area contributed by atoms with E-state index in [9.17, 15) is 4.79 Å². The van der Waals surface area contributed by atoms with E-state index in [0.29, 0.717) is 23.7 Å². The van der Waals surface area contributed by atoms with Gasteiger partial charge in [0.25, 0.3) is 0 Å².